The minimum Gasteiger partial charge on any atom is -0.338 e. The Morgan fingerprint density at radius 3 is 2.81 bits per heavy atom. The number of benzene rings is 1. The van der Waals surface area contributed by atoms with Gasteiger partial charge in [0.25, 0.3) is 0 Å². The predicted molar refractivity (Wildman–Crippen MR) is 60.8 cm³/mol. The molecule has 2 aromatic rings. The highest BCUT2D eigenvalue weighted by molar-refractivity contribution is 5.21. The molecule has 1 N–H and O–H groups in total. The standard InChI is InChI=1S/C12H15N3O/c1-9-4-3-5-11(6-9)7-13-8-12-14-10(2)15-16-12/h3-6,13H,7-8H2,1-2H3. The van der Waals surface area contributed by atoms with Crippen molar-refractivity contribution in [1.29, 1.82) is 0 Å². The monoisotopic (exact) mass is 217 g/mol. The first-order chi connectivity index (χ1) is 7.74. The topological polar surface area (TPSA) is 51.0 Å². The second-order valence-electron chi connectivity index (χ2n) is 3.83. The van der Waals surface area contributed by atoms with Crippen molar-refractivity contribution in [3.8, 4) is 0 Å². The molecule has 1 aromatic carbocycles. The molecule has 0 radical (unpaired) electrons. The lowest BCUT2D eigenvalue weighted by molar-refractivity contribution is 0.364. The molecule has 0 aliphatic rings. The molecule has 0 spiro atoms. The van der Waals surface area contributed by atoms with Crippen molar-refractivity contribution in [3.63, 3.8) is 0 Å². The fourth-order valence-corrected chi connectivity index (χ4v) is 1.55. The van der Waals surface area contributed by atoms with Gasteiger partial charge in [0, 0.05) is 6.54 Å². The van der Waals surface area contributed by atoms with Crippen LogP contribution < -0.4 is 5.32 Å². The average molecular weight is 217 g/mol. The van der Waals surface area contributed by atoms with Gasteiger partial charge in [0.05, 0.1) is 6.54 Å². The Bertz CT molecular complexity index is 465. The Morgan fingerprint density at radius 2 is 2.12 bits per heavy atom. The average Bonchev–Trinajstić information content (AvgIpc) is 2.64. The molecular weight excluding hydrogens is 202 g/mol. The zero-order chi connectivity index (χ0) is 11.4. The van der Waals surface area contributed by atoms with Crippen molar-refractivity contribution in [2.75, 3.05) is 0 Å². The molecular formula is C12H15N3O. The van der Waals surface area contributed by atoms with E-state index in [4.69, 9.17) is 4.52 Å². The lowest BCUT2D eigenvalue weighted by atomic mass is 10.1. The largest absolute Gasteiger partial charge is 0.338 e. The van der Waals surface area contributed by atoms with E-state index in [0.717, 1.165) is 6.54 Å². The van der Waals surface area contributed by atoms with E-state index in [2.05, 4.69) is 46.6 Å². The summed E-state index contributed by atoms with van der Waals surface area (Å²) in [7, 11) is 0. The van der Waals surface area contributed by atoms with Crippen LogP contribution in [0.4, 0.5) is 0 Å². The number of nitrogens with one attached hydrogen (secondary N) is 1. The Labute approximate surface area is 94.7 Å². The molecule has 1 aromatic heterocycles. The number of hydrogen-bond acceptors (Lipinski definition) is 4. The first-order valence-corrected chi connectivity index (χ1v) is 5.29. The summed E-state index contributed by atoms with van der Waals surface area (Å²) in [5, 5.41) is 6.99. The zero-order valence-electron chi connectivity index (χ0n) is 9.53. The van der Waals surface area contributed by atoms with Gasteiger partial charge in [0.15, 0.2) is 5.82 Å². The molecule has 0 unspecified atom stereocenters. The Hall–Kier alpha value is -1.68. The third-order valence-corrected chi connectivity index (χ3v) is 2.26. The fourth-order valence-electron chi connectivity index (χ4n) is 1.55. The van der Waals surface area contributed by atoms with Gasteiger partial charge in [-0.1, -0.05) is 35.0 Å². The first kappa shape index (κ1) is 10.8. The molecule has 0 aliphatic heterocycles. The van der Waals surface area contributed by atoms with Gasteiger partial charge < -0.3 is 9.84 Å². The smallest absolute Gasteiger partial charge is 0.240 e. The summed E-state index contributed by atoms with van der Waals surface area (Å²) in [6.45, 7) is 5.32. The van der Waals surface area contributed by atoms with Crippen LogP contribution in [0.3, 0.4) is 0 Å². The van der Waals surface area contributed by atoms with Crippen LogP contribution in [0.2, 0.25) is 0 Å². The molecule has 0 aliphatic carbocycles. The summed E-state index contributed by atoms with van der Waals surface area (Å²) in [6.07, 6.45) is 0. The third-order valence-electron chi connectivity index (χ3n) is 2.26. The zero-order valence-corrected chi connectivity index (χ0v) is 9.53. The third kappa shape index (κ3) is 2.90. The Kier molecular flexibility index (Phi) is 3.31. The molecule has 0 amide bonds. The molecule has 4 nitrogen and oxygen atoms in total. The molecule has 84 valence electrons. The molecule has 1 heterocycles. The van der Waals surface area contributed by atoms with Gasteiger partial charge in [-0.15, -0.1) is 0 Å². The van der Waals surface area contributed by atoms with E-state index in [0.29, 0.717) is 18.3 Å². The van der Waals surface area contributed by atoms with Gasteiger partial charge >= 0.3 is 0 Å². The van der Waals surface area contributed by atoms with E-state index in [1.165, 1.54) is 11.1 Å². The van der Waals surface area contributed by atoms with E-state index >= 15 is 0 Å². The maximum Gasteiger partial charge on any atom is 0.240 e. The molecule has 2 rings (SSSR count). The van der Waals surface area contributed by atoms with Gasteiger partial charge in [0.1, 0.15) is 0 Å². The van der Waals surface area contributed by atoms with Crippen molar-refractivity contribution >= 4 is 0 Å². The number of aromatic nitrogens is 2. The summed E-state index contributed by atoms with van der Waals surface area (Å²) < 4.78 is 5.00. The van der Waals surface area contributed by atoms with Crippen LogP contribution in [0.1, 0.15) is 22.8 Å². The second-order valence-corrected chi connectivity index (χ2v) is 3.83. The summed E-state index contributed by atoms with van der Waals surface area (Å²) >= 11 is 0. The van der Waals surface area contributed by atoms with E-state index in [1.807, 2.05) is 6.92 Å². The normalized spacial score (nSPS) is 10.6. The molecule has 0 fully saturated rings. The van der Waals surface area contributed by atoms with Crippen LogP contribution in [0.25, 0.3) is 0 Å². The predicted octanol–water partition coefficient (Wildman–Crippen LogP) is 1.98. The summed E-state index contributed by atoms with van der Waals surface area (Å²) in [4.78, 5) is 4.12. The minimum absolute atomic E-state index is 0.606. The van der Waals surface area contributed by atoms with Gasteiger partial charge in [-0.2, -0.15) is 4.98 Å². The maximum atomic E-state index is 5.00. The maximum absolute atomic E-state index is 5.00. The van der Waals surface area contributed by atoms with Crippen molar-refractivity contribution in [1.82, 2.24) is 15.5 Å². The molecule has 0 saturated heterocycles. The van der Waals surface area contributed by atoms with E-state index in [1.54, 1.807) is 0 Å². The van der Waals surface area contributed by atoms with Crippen molar-refractivity contribution in [2.45, 2.75) is 26.9 Å². The lowest BCUT2D eigenvalue weighted by Crippen LogP contribution is -2.12. The van der Waals surface area contributed by atoms with Gasteiger partial charge in [-0.3, -0.25) is 0 Å². The molecule has 16 heavy (non-hydrogen) atoms. The highest BCUT2D eigenvalue weighted by Crippen LogP contribution is 2.03. The summed E-state index contributed by atoms with van der Waals surface area (Å²) in [5.41, 5.74) is 2.53. The number of aryl methyl sites for hydroxylation is 2. The Morgan fingerprint density at radius 1 is 1.25 bits per heavy atom. The molecule has 0 saturated carbocycles. The van der Waals surface area contributed by atoms with Gasteiger partial charge in [-0.05, 0) is 19.4 Å². The molecule has 0 bridgehead atoms. The van der Waals surface area contributed by atoms with E-state index < -0.39 is 0 Å². The highest BCUT2D eigenvalue weighted by Gasteiger charge is 2.01. The fraction of sp³-hybridized carbons (Fsp3) is 0.333. The highest BCUT2D eigenvalue weighted by atomic mass is 16.5. The SMILES string of the molecule is Cc1cccc(CNCc2nc(C)no2)c1. The van der Waals surface area contributed by atoms with Crippen LogP contribution in [0, 0.1) is 13.8 Å². The van der Waals surface area contributed by atoms with Crippen LogP contribution in [-0.4, -0.2) is 10.1 Å². The molecule has 0 atom stereocenters. The van der Waals surface area contributed by atoms with E-state index in [-0.39, 0.29) is 0 Å². The van der Waals surface area contributed by atoms with Crippen LogP contribution in [0.15, 0.2) is 28.8 Å². The van der Waals surface area contributed by atoms with Crippen molar-refractivity contribution < 1.29 is 4.52 Å². The Balaban J connectivity index is 1.84. The van der Waals surface area contributed by atoms with E-state index in [9.17, 15) is 0 Å². The summed E-state index contributed by atoms with van der Waals surface area (Å²) in [6, 6.07) is 8.40. The quantitative estimate of drug-likeness (QED) is 0.850. The van der Waals surface area contributed by atoms with Gasteiger partial charge in [0.2, 0.25) is 5.89 Å². The van der Waals surface area contributed by atoms with Crippen molar-refractivity contribution in [2.24, 2.45) is 0 Å². The van der Waals surface area contributed by atoms with Crippen LogP contribution in [-0.2, 0) is 13.1 Å². The first-order valence-electron chi connectivity index (χ1n) is 5.29. The lowest BCUT2D eigenvalue weighted by Gasteiger charge is -2.02. The van der Waals surface area contributed by atoms with Crippen molar-refractivity contribution in [3.05, 3.63) is 47.1 Å². The number of nitrogens with zero attached hydrogens (tertiary/aromatic N) is 2. The number of rotatable bonds is 4. The van der Waals surface area contributed by atoms with Crippen LogP contribution >= 0.6 is 0 Å². The molecule has 4 heteroatoms. The number of hydrogen-bond donors (Lipinski definition) is 1. The minimum atomic E-state index is 0.606. The second kappa shape index (κ2) is 4.90. The van der Waals surface area contributed by atoms with Crippen LogP contribution in [0.5, 0.6) is 0 Å². The van der Waals surface area contributed by atoms with Gasteiger partial charge in [-0.25, -0.2) is 0 Å². The summed E-state index contributed by atoms with van der Waals surface area (Å²) in [5.74, 6) is 1.30.